The highest BCUT2D eigenvalue weighted by Crippen LogP contribution is 2.11. The average Bonchev–Trinajstić information content (AvgIpc) is 2.87. The van der Waals surface area contributed by atoms with Crippen LogP contribution in [-0.4, -0.2) is 16.6 Å². The van der Waals surface area contributed by atoms with E-state index in [1.807, 2.05) is 44.2 Å². The van der Waals surface area contributed by atoms with E-state index in [0.717, 1.165) is 26.8 Å². The number of hydrogen-bond donors (Lipinski definition) is 1. The molecule has 1 aromatic carbocycles. The molecule has 6 heteroatoms. The summed E-state index contributed by atoms with van der Waals surface area (Å²) in [5.74, 6) is 0.785. The van der Waals surface area contributed by atoms with Gasteiger partial charge in [-0.1, -0.05) is 30.9 Å². The molecule has 0 aliphatic heterocycles. The Morgan fingerprint density at radius 2 is 2.08 bits per heavy atom. The molecule has 0 saturated carbocycles. The number of hydrogen-bond acceptors (Lipinski definition) is 4. The van der Waals surface area contributed by atoms with Gasteiger partial charge >= 0.3 is 6.03 Å². The van der Waals surface area contributed by atoms with Gasteiger partial charge in [0.1, 0.15) is 5.75 Å². The fourth-order valence-corrected chi connectivity index (χ4v) is 2.84. The van der Waals surface area contributed by atoms with E-state index in [1.54, 1.807) is 12.2 Å². The van der Waals surface area contributed by atoms with Gasteiger partial charge in [0.2, 0.25) is 0 Å². The number of nitrogens with one attached hydrogen (secondary N) is 1. The lowest BCUT2D eigenvalue weighted by molar-refractivity contribution is 0.243. The number of benzene rings is 1. The highest BCUT2D eigenvalue weighted by Gasteiger charge is 2.10. The maximum atomic E-state index is 12.3. The normalized spacial score (nSPS) is 11.8. The summed E-state index contributed by atoms with van der Waals surface area (Å²) in [6.45, 7) is 8.54. The third kappa shape index (κ3) is 4.23. The lowest BCUT2D eigenvalue weighted by Crippen LogP contribution is -2.39. The SMILES string of the molecule is C=c1sn(C(=O)NCc2ccc(OCC)cc2)c(=O)/c1=C/C=C\C. The van der Waals surface area contributed by atoms with Crippen LogP contribution in [0.5, 0.6) is 5.75 Å². The molecule has 0 bridgehead atoms. The van der Waals surface area contributed by atoms with Crippen LogP contribution in [0.2, 0.25) is 0 Å². The van der Waals surface area contributed by atoms with E-state index in [9.17, 15) is 9.59 Å². The number of rotatable bonds is 5. The van der Waals surface area contributed by atoms with Gasteiger partial charge in [-0.15, -0.1) is 0 Å². The minimum atomic E-state index is -0.455. The first-order valence-electron chi connectivity index (χ1n) is 7.61. The van der Waals surface area contributed by atoms with Crippen LogP contribution in [0, 0.1) is 0 Å². The highest BCUT2D eigenvalue weighted by molar-refractivity contribution is 7.05. The zero-order valence-electron chi connectivity index (χ0n) is 13.7. The van der Waals surface area contributed by atoms with E-state index < -0.39 is 6.03 Å². The maximum absolute atomic E-state index is 12.3. The number of allylic oxidation sites excluding steroid dienone is 2. The largest absolute Gasteiger partial charge is 0.494 e. The van der Waals surface area contributed by atoms with E-state index in [-0.39, 0.29) is 5.56 Å². The lowest BCUT2D eigenvalue weighted by atomic mass is 10.2. The van der Waals surface area contributed by atoms with E-state index in [2.05, 4.69) is 11.9 Å². The van der Waals surface area contributed by atoms with Crippen molar-refractivity contribution in [3.63, 3.8) is 0 Å². The summed E-state index contributed by atoms with van der Waals surface area (Å²) < 4.78 is 7.03. The topological polar surface area (TPSA) is 60.3 Å². The molecule has 0 radical (unpaired) electrons. The van der Waals surface area contributed by atoms with Gasteiger partial charge in [-0.05, 0) is 49.2 Å². The Kier molecular flexibility index (Phi) is 6.14. The Morgan fingerprint density at radius 3 is 2.71 bits per heavy atom. The van der Waals surface area contributed by atoms with Gasteiger partial charge in [0.15, 0.2) is 0 Å². The Hall–Kier alpha value is -2.60. The molecule has 0 aliphatic carbocycles. The Labute approximate surface area is 144 Å². The maximum Gasteiger partial charge on any atom is 0.338 e. The molecule has 0 fully saturated rings. The second-order valence-corrected chi connectivity index (χ2v) is 6.00. The zero-order valence-corrected chi connectivity index (χ0v) is 14.6. The summed E-state index contributed by atoms with van der Waals surface area (Å²) in [7, 11) is 0. The van der Waals surface area contributed by atoms with Crippen molar-refractivity contribution in [1.29, 1.82) is 0 Å². The molecule has 1 heterocycles. The predicted octanol–water partition coefficient (Wildman–Crippen LogP) is 1.83. The first kappa shape index (κ1) is 17.7. The average molecular weight is 344 g/mol. The Balaban J connectivity index is 2.11. The van der Waals surface area contributed by atoms with Crippen molar-refractivity contribution in [2.45, 2.75) is 20.4 Å². The Bertz CT molecular complexity index is 892. The summed E-state index contributed by atoms with van der Waals surface area (Å²) in [5.41, 5.74) is 0.569. The molecule has 24 heavy (non-hydrogen) atoms. The van der Waals surface area contributed by atoms with Crippen molar-refractivity contribution in [3.8, 4) is 5.75 Å². The van der Waals surface area contributed by atoms with Gasteiger partial charge in [0.05, 0.1) is 16.4 Å². The van der Waals surface area contributed by atoms with Crippen molar-refractivity contribution >= 4 is 30.2 Å². The van der Waals surface area contributed by atoms with Crippen LogP contribution in [0.15, 0.2) is 41.2 Å². The molecule has 5 nitrogen and oxygen atoms in total. The molecule has 0 aliphatic rings. The molecule has 0 spiro atoms. The van der Waals surface area contributed by atoms with Crippen LogP contribution in [0.1, 0.15) is 19.4 Å². The molecule has 0 atom stereocenters. The minimum absolute atomic E-state index is 0.329. The van der Waals surface area contributed by atoms with E-state index in [0.29, 0.717) is 22.9 Å². The molecule has 2 aromatic rings. The van der Waals surface area contributed by atoms with Crippen LogP contribution in [-0.2, 0) is 6.54 Å². The van der Waals surface area contributed by atoms with Crippen LogP contribution < -0.4 is 25.4 Å². The van der Waals surface area contributed by atoms with Crippen molar-refractivity contribution in [2.24, 2.45) is 0 Å². The third-order valence-electron chi connectivity index (χ3n) is 3.23. The number of aromatic nitrogens is 1. The van der Waals surface area contributed by atoms with Gasteiger partial charge < -0.3 is 10.1 Å². The lowest BCUT2D eigenvalue weighted by Gasteiger charge is -2.06. The summed E-state index contributed by atoms with van der Waals surface area (Å²) >= 11 is 1.04. The summed E-state index contributed by atoms with van der Waals surface area (Å²) in [6.07, 6.45) is 5.23. The van der Waals surface area contributed by atoms with Crippen molar-refractivity contribution in [3.05, 3.63) is 62.1 Å². The van der Waals surface area contributed by atoms with Crippen molar-refractivity contribution < 1.29 is 9.53 Å². The third-order valence-corrected chi connectivity index (χ3v) is 4.19. The predicted molar refractivity (Wildman–Crippen MR) is 97.9 cm³/mol. The highest BCUT2D eigenvalue weighted by atomic mass is 32.1. The van der Waals surface area contributed by atoms with Crippen LogP contribution in [0.25, 0.3) is 12.7 Å². The Morgan fingerprint density at radius 1 is 1.38 bits per heavy atom. The standard InChI is InChI=1S/C18H20N2O3S/c1-4-6-7-16-13(3)24-20(17(16)21)18(22)19-12-14-8-10-15(11-9-14)23-5-2/h4,6-11H,3,5,12H2,1-2H3,(H,19,22)/b6-4-,16-7+. The fourth-order valence-electron chi connectivity index (χ4n) is 2.04. The fraction of sp³-hybridized carbons (Fsp3) is 0.222. The smallest absolute Gasteiger partial charge is 0.338 e. The van der Waals surface area contributed by atoms with Gasteiger partial charge in [0.25, 0.3) is 5.56 Å². The summed E-state index contributed by atoms with van der Waals surface area (Å²) in [5, 5.41) is 3.18. The number of nitrogens with zero attached hydrogens (tertiary/aromatic N) is 1. The molecule has 0 unspecified atom stereocenters. The second kappa shape index (κ2) is 8.31. The first-order chi connectivity index (χ1) is 11.6. The van der Waals surface area contributed by atoms with Crippen molar-refractivity contribution in [1.82, 2.24) is 9.27 Å². The molecule has 1 amide bonds. The molecular formula is C18H20N2O3S. The van der Waals surface area contributed by atoms with Gasteiger partial charge in [-0.2, -0.15) is 3.96 Å². The quantitative estimate of drug-likeness (QED) is 0.900. The van der Waals surface area contributed by atoms with E-state index in [1.165, 1.54) is 0 Å². The first-order valence-corrected chi connectivity index (χ1v) is 8.38. The number of carbonyl (C=O) groups excluding carboxylic acids is 1. The van der Waals surface area contributed by atoms with Gasteiger partial charge in [0, 0.05) is 6.54 Å². The summed E-state index contributed by atoms with van der Waals surface area (Å²) in [6, 6.07) is 6.99. The number of ether oxygens (including phenoxy) is 1. The second-order valence-electron chi connectivity index (χ2n) is 4.96. The zero-order chi connectivity index (χ0) is 17.5. The minimum Gasteiger partial charge on any atom is -0.494 e. The van der Waals surface area contributed by atoms with E-state index >= 15 is 0 Å². The van der Waals surface area contributed by atoms with Crippen LogP contribution in [0.3, 0.4) is 0 Å². The molecule has 2 rings (SSSR count). The molecule has 126 valence electrons. The summed E-state index contributed by atoms with van der Waals surface area (Å²) in [4.78, 5) is 24.5. The monoisotopic (exact) mass is 344 g/mol. The molecule has 0 saturated heterocycles. The van der Waals surface area contributed by atoms with Crippen LogP contribution in [0.4, 0.5) is 4.79 Å². The molecular weight excluding hydrogens is 324 g/mol. The van der Waals surface area contributed by atoms with Crippen LogP contribution >= 0.6 is 11.5 Å². The van der Waals surface area contributed by atoms with E-state index in [4.69, 9.17) is 4.74 Å². The van der Waals surface area contributed by atoms with Gasteiger partial charge in [-0.3, -0.25) is 4.79 Å². The molecule has 1 aromatic heterocycles. The van der Waals surface area contributed by atoms with Gasteiger partial charge in [-0.25, -0.2) is 4.79 Å². The van der Waals surface area contributed by atoms with Crippen molar-refractivity contribution in [2.75, 3.05) is 6.61 Å². The number of carbonyl (C=O) groups is 1. The molecule has 1 N–H and O–H groups in total. The number of amides is 1.